The van der Waals surface area contributed by atoms with Crippen LogP contribution in [0.5, 0.6) is 0 Å². The van der Waals surface area contributed by atoms with Crippen molar-refractivity contribution in [1.29, 1.82) is 0 Å². The van der Waals surface area contributed by atoms with E-state index in [1.165, 1.54) is 6.07 Å². The van der Waals surface area contributed by atoms with Crippen LogP contribution in [0.4, 0.5) is 14.5 Å². The third kappa shape index (κ3) is 4.01. The third-order valence-corrected chi connectivity index (χ3v) is 4.97. The first-order chi connectivity index (χ1) is 14.0. The Morgan fingerprint density at radius 1 is 0.828 bits per heavy atom. The lowest BCUT2D eigenvalue weighted by molar-refractivity contribution is 0.0734. The maximum Gasteiger partial charge on any atom is 0.255 e. The molecule has 1 heterocycles. The van der Waals surface area contributed by atoms with Gasteiger partial charge in [0.25, 0.3) is 11.8 Å². The number of halogens is 2. The molecule has 3 aromatic carbocycles. The average molecular weight is 392 g/mol. The second kappa shape index (κ2) is 7.83. The third-order valence-electron chi connectivity index (χ3n) is 4.97. The summed E-state index contributed by atoms with van der Waals surface area (Å²) in [5.41, 5.74) is 3.27. The molecule has 4 rings (SSSR count). The van der Waals surface area contributed by atoms with Gasteiger partial charge in [-0.3, -0.25) is 9.59 Å². The summed E-state index contributed by atoms with van der Waals surface area (Å²) in [5, 5.41) is 2.70. The SMILES string of the molecule is O=C(Nc1ccc2c(c1)CN(C(=O)c1ccccc1)CC2)c1ccc(F)c(F)c1. The van der Waals surface area contributed by atoms with Crippen LogP contribution in [0, 0.1) is 11.6 Å². The highest BCUT2D eigenvalue weighted by Crippen LogP contribution is 2.24. The zero-order valence-electron chi connectivity index (χ0n) is 15.5. The number of hydrogen-bond donors (Lipinski definition) is 1. The normalized spacial score (nSPS) is 13.0. The fraction of sp³-hybridized carbons (Fsp3) is 0.130. The summed E-state index contributed by atoms with van der Waals surface area (Å²) in [5.74, 6) is -2.64. The van der Waals surface area contributed by atoms with Crippen molar-refractivity contribution in [3.8, 4) is 0 Å². The Bertz CT molecular complexity index is 1080. The molecule has 0 atom stereocenters. The fourth-order valence-electron chi connectivity index (χ4n) is 3.41. The fourth-order valence-corrected chi connectivity index (χ4v) is 3.41. The number of carbonyl (C=O) groups is 2. The lowest BCUT2D eigenvalue weighted by Gasteiger charge is -2.29. The van der Waals surface area contributed by atoms with E-state index < -0.39 is 17.5 Å². The topological polar surface area (TPSA) is 49.4 Å². The Morgan fingerprint density at radius 3 is 2.38 bits per heavy atom. The molecule has 1 aliphatic rings. The number of benzene rings is 3. The molecule has 6 heteroatoms. The van der Waals surface area contributed by atoms with Gasteiger partial charge >= 0.3 is 0 Å². The molecule has 3 aromatic rings. The van der Waals surface area contributed by atoms with Gasteiger partial charge in [0.1, 0.15) is 0 Å². The average Bonchev–Trinajstić information content (AvgIpc) is 2.75. The Balaban J connectivity index is 1.50. The van der Waals surface area contributed by atoms with E-state index in [0.717, 1.165) is 29.7 Å². The molecule has 0 spiro atoms. The van der Waals surface area contributed by atoms with Crippen LogP contribution in [0.3, 0.4) is 0 Å². The van der Waals surface area contributed by atoms with E-state index in [9.17, 15) is 18.4 Å². The van der Waals surface area contributed by atoms with Crippen molar-refractivity contribution in [3.05, 3.63) is 101 Å². The maximum absolute atomic E-state index is 13.4. The van der Waals surface area contributed by atoms with Gasteiger partial charge in [0.2, 0.25) is 0 Å². The zero-order chi connectivity index (χ0) is 20.4. The molecule has 29 heavy (non-hydrogen) atoms. The van der Waals surface area contributed by atoms with E-state index >= 15 is 0 Å². The smallest absolute Gasteiger partial charge is 0.255 e. The lowest BCUT2D eigenvalue weighted by atomic mass is 9.98. The van der Waals surface area contributed by atoms with Crippen LogP contribution in [-0.4, -0.2) is 23.3 Å². The predicted octanol–water partition coefficient (Wildman–Crippen LogP) is 4.42. The summed E-state index contributed by atoms with van der Waals surface area (Å²) in [6.07, 6.45) is 0.727. The minimum Gasteiger partial charge on any atom is -0.334 e. The van der Waals surface area contributed by atoms with Gasteiger partial charge in [-0.25, -0.2) is 8.78 Å². The molecule has 0 saturated heterocycles. The van der Waals surface area contributed by atoms with Crippen LogP contribution >= 0.6 is 0 Å². The zero-order valence-corrected chi connectivity index (χ0v) is 15.5. The molecule has 0 radical (unpaired) electrons. The first kappa shape index (κ1) is 18.8. The van der Waals surface area contributed by atoms with Gasteiger partial charge in [0.15, 0.2) is 11.6 Å². The van der Waals surface area contributed by atoms with E-state index in [0.29, 0.717) is 24.3 Å². The van der Waals surface area contributed by atoms with Gasteiger partial charge < -0.3 is 10.2 Å². The number of nitrogens with one attached hydrogen (secondary N) is 1. The Morgan fingerprint density at radius 2 is 1.62 bits per heavy atom. The second-order valence-corrected chi connectivity index (χ2v) is 6.91. The second-order valence-electron chi connectivity index (χ2n) is 6.91. The van der Waals surface area contributed by atoms with Crippen molar-refractivity contribution < 1.29 is 18.4 Å². The van der Waals surface area contributed by atoms with Crippen LogP contribution < -0.4 is 5.32 Å². The molecule has 0 unspecified atom stereocenters. The first-order valence-corrected chi connectivity index (χ1v) is 9.24. The van der Waals surface area contributed by atoms with E-state index in [2.05, 4.69) is 5.32 Å². The number of hydrogen-bond acceptors (Lipinski definition) is 2. The van der Waals surface area contributed by atoms with E-state index in [4.69, 9.17) is 0 Å². The van der Waals surface area contributed by atoms with Crippen molar-refractivity contribution in [2.45, 2.75) is 13.0 Å². The van der Waals surface area contributed by atoms with Crippen LogP contribution in [-0.2, 0) is 13.0 Å². The van der Waals surface area contributed by atoms with Crippen molar-refractivity contribution in [1.82, 2.24) is 4.90 Å². The highest BCUT2D eigenvalue weighted by atomic mass is 19.2. The summed E-state index contributed by atoms with van der Waals surface area (Å²) < 4.78 is 26.4. The molecule has 1 aliphatic heterocycles. The summed E-state index contributed by atoms with van der Waals surface area (Å²) in [6.45, 7) is 1.07. The van der Waals surface area contributed by atoms with Gasteiger partial charge in [-0.1, -0.05) is 24.3 Å². The number of rotatable bonds is 3. The highest BCUT2D eigenvalue weighted by Gasteiger charge is 2.22. The van der Waals surface area contributed by atoms with Gasteiger partial charge in [-0.2, -0.15) is 0 Å². The van der Waals surface area contributed by atoms with Gasteiger partial charge in [0.05, 0.1) is 0 Å². The summed E-state index contributed by atoms with van der Waals surface area (Å²) in [4.78, 5) is 26.8. The van der Waals surface area contributed by atoms with Crippen LogP contribution in [0.15, 0.2) is 66.7 Å². The predicted molar refractivity (Wildman–Crippen MR) is 106 cm³/mol. The number of carbonyl (C=O) groups excluding carboxylic acids is 2. The highest BCUT2D eigenvalue weighted by molar-refractivity contribution is 6.04. The van der Waals surface area contributed by atoms with Gasteiger partial charge in [-0.15, -0.1) is 0 Å². The van der Waals surface area contributed by atoms with Crippen molar-refractivity contribution in [2.75, 3.05) is 11.9 Å². The molecule has 2 amide bonds. The molecule has 0 fully saturated rings. The molecule has 146 valence electrons. The maximum atomic E-state index is 13.4. The quantitative estimate of drug-likeness (QED) is 0.718. The van der Waals surface area contributed by atoms with Crippen molar-refractivity contribution in [3.63, 3.8) is 0 Å². The van der Waals surface area contributed by atoms with E-state index in [1.54, 1.807) is 23.1 Å². The Kier molecular flexibility index (Phi) is 5.08. The Labute approximate surface area is 166 Å². The monoisotopic (exact) mass is 392 g/mol. The lowest BCUT2D eigenvalue weighted by Crippen LogP contribution is -2.36. The van der Waals surface area contributed by atoms with Crippen LogP contribution in [0.2, 0.25) is 0 Å². The number of amides is 2. The summed E-state index contributed by atoms with van der Waals surface area (Å²) in [7, 11) is 0. The number of fused-ring (bicyclic) bond motifs is 1. The van der Waals surface area contributed by atoms with Gasteiger partial charge in [0, 0.05) is 29.9 Å². The molecule has 0 aliphatic carbocycles. The molecular weight excluding hydrogens is 374 g/mol. The van der Waals surface area contributed by atoms with Gasteiger partial charge in [-0.05, 0) is 60.0 Å². The van der Waals surface area contributed by atoms with Crippen LogP contribution in [0.1, 0.15) is 31.8 Å². The van der Waals surface area contributed by atoms with E-state index in [1.807, 2.05) is 30.3 Å². The Hall–Kier alpha value is -3.54. The molecular formula is C23H18F2N2O2. The van der Waals surface area contributed by atoms with Crippen LogP contribution in [0.25, 0.3) is 0 Å². The molecule has 0 aromatic heterocycles. The number of nitrogens with zero attached hydrogens (tertiary/aromatic N) is 1. The molecule has 1 N–H and O–H groups in total. The molecule has 4 nitrogen and oxygen atoms in total. The van der Waals surface area contributed by atoms with Crippen molar-refractivity contribution in [2.24, 2.45) is 0 Å². The van der Waals surface area contributed by atoms with E-state index in [-0.39, 0.29) is 11.5 Å². The largest absolute Gasteiger partial charge is 0.334 e. The van der Waals surface area contributed by atoms with Crippen molar-refractivity contribution >= 4 is 17.5 Å². The first-order valence-electron chi connectivity index (χ1n) is 9.24. The molecule has 0 bridgehead atoms. The minimum absolute atomic E-state index is 0.0301. The summed E-state index contributed by atoms with van der Waals surface area (Å²) >= 11 is 0. The summed E-state index contributed by atoms with van der Waals surface area (Å²) in [6, 6.07) is 17.6. The molecule has 0 saturated carbocycles. The standard InChI is InChI=1S/C23H18F2N2O2/c24-20-9-7-17(13-21(20)25)22(28)26-19-8-6-15-10-11-27(14-18(15)12-19)23(29)16-4-2-1-3-5-16/h1-9,12-13H,10-11,14H2,(H,26,28). The number of anilines is 1. The minimum atomic E-state index is -1.07.